The lowest BCUT2D eigenvalue weighted by Gasteiger charge is -1.88. The number of aromatic nitrogens is 1. The summed E-state index contributed by atoms with van der Waals surface area (Å²) < 4.78 is 0. The molecule has 1 aliphatic heterocycles. The molecule has 0 fully saturated rings. The van der Waals surface area contributed by atoms with Gasteiger partial charge in [0.15, 0.2) is 0 Å². The van der Waals surface area contributed by atoms with Crippen molar-refractivity contribution in [3.8, 4) is 0 Å². The van der Waals surface area contributed by atoms with Crippen LogP contribution in [0.1, 0.15) is 0 Å². The maximum absolute atomic E-state index is 10.2. The van der Waals surface area contributed by atoms with Crippen LogP contribution in [0.4, 0.5) is 0 Å². The van der Waals surface area contributed by atoms with Crippen LogP contribution in [0.5, 0.6) is 0 Å². The van der Waals surface area contributed by atoms with E-state index in [4.69, 9.17) is 0 Å². The van der Waals surface area contributed by atoms with E-state index in [0.29, 0.717) is 0 Å². The smallest absolute Gasteiger partial charge is 0.267 e. The van der Waals surface area contributed by atoms with E-state index in [1.165, 1.54) is 12.4 Å². The normalized spacial score (nSPS) is 13.4. The van der Waals surface area contributed by atoms with Gasteiger partial charge in [-0.2, -0.15) is 0 Å². The first-order chi connectivity index (χ1) is 6.39. The molecule has 0 saturated carbocycles. The second kappa shape index (κ2) is 5.77. The molecule has 0 spiro atoms. The quantitative estimate of drug-likeness (QED) is 0.584. The van der Waals surface area contributed by atoms with Crippen LogP contribution in [-0.2, 0) is 4.79 Å². The van der Waals surface area contributed by atoms with Gasteiger partial charge >= 0.3 is 0 Å². The molecular formula is C9H9N3O. The molecule has 0 aliphatic carbocycles. The van der Waals surface area contributed by atoms with Crippen LogP contribution in [0.15, 0.2) is 40.6 Å². The van der Waals surface area contributed by atoms with Crippen molar-refractivity contribution in [2.24, 2.45) is 9.98 Å². The van der Waals surface area contributed by atoms with Crippen LogP contribution in [0.2, 0.25) is 0 Å². The number of carbonyl (C=O) groups excluding carboxylic acids is 1. The van der Waals surface area contributed by atoms with Crippen molar-refractivity contribution in [2.45, 2.75) is 0 Å². The minimum atomic E-state index is -0.164. The standard InChI is InChI=1S/C5H5N.C4H4N2O/c1-2-4-6-5-3-1;7-4-3-5-1-2-6-4/h1-5H;1-2H,3H2. The highest BCUT2D eigenvalue weighted by molar-refractivity contribution is 6.20. The SMILES string of the molecule is O=C1CN=CC=N1.c1ccncc1. The Morgan fingerprint density at radius 2 is 1.85 bits per heavy atom. The third-order valence-electron chi connectivity index (χ3n) is 1.18. The molecule has 1 amide bonds. The Morgan fingerprint density at radius 1 is 1.08 bits per heavy atom. The third kappa shape index (κ3) is 4.58. The molecule has 66 valence electrons. The summed E-state index contributed by atoms with van der Waals surface area (Å²) in [5, 5.41) is 0. The van der Waals surface area contributed by atoms with Gasteiger partial charge in [0.2, 0.25) is 0 Å². The summed E-state index contributed by atoms with van der Waals surface area (Å²) in [7, 11) is 0. The molecule has 0 bridgehead atoms. The summed E-state index contributed by atoms with van der Waals surface area (Å²) in [5.74, 6) is -0.164. The molecule has 1 aromatic heterocycles. The Labute approximate surface area is 76.1 Å². The van der Waals surface area contributed by atoms with E-state index in [1.807, 2.05) is 18.2 Å². The molecule has 4 nitrogen and oxygen atoms in total. The van der Waals surface area contributed by atoms with Gasteiger partial charge in [-0.05, 0) is 12.1 Å². The number of aliphatic imine (C=N–C) groups is 2. The van der Waals surface area contributed by atoms with E-state index in [0.717, 1.165) is 0 Å². The van der Waals surface area contributed by atoms with Crippen molar-refractivity contribution in [3.63, 3.8) is 0 Å². The van der Waals surface area contributed by atoms with Crippen molar-refractivity contribution in [2.75, 3.05) is 6.54 Å². The van der Waals surface area contributed by atoms with Crippen LogP contribution < -0.4 is 0 Å². The Hall–Kier alpha value is -1.84. The summed E-state index contributed by atoms with van der Waals surface area (Å²) in [6.45, 7) is 0.219. The number of carbonyl (C=O) groups is 1. The lowest BCUT2D eigenvalue weighted by molar-refractivity contribution is -0.116. The van der Waals surface area contributed by atoms with Gasteiger partial charge in [0.1, 0.15) is 6.54 Å². The third-order valence-corrected chi connectivity index (χ3v) is 1.18. The molecule has 0 saturated heterocycles. The maximum atomic E-state index is 10.2. The zero-order valence-electron chi connectivity index (χ0n) is 7.00. The number of nitrogens with zero attached hydrogens (tertiary/aromatic N) is 3. The summed E-state index contributed by atoms with van der Waals surface area (Å²) in [6.07, 6.45) is 6.41. The van der Waals surface area contributed by atoms with Gasteiger partial charge in [-0.3, -0.25) is 14.8 Å². The summed E-state index contributed by atoms with van der Waals surface area (Å²) >= 11 is 0. The first-order valence-corrected chi connectivity index (χ1v) is 3.80. The average Bonchev–Trinajstić information content (AvgIpc) is 2.22. The molecule has 4 heteroatoms. The van der Waals surface area contributed by atoms with Gasteiger partial charge in [-0.25, -0.2) is 4.99 Å². The summed E-state index contributed by atoms with van der Waals surface area (Å²) in [5.41, 5.74) is 0. The zero-order chi connectivity index (χ0) is 9.36. The Bertz CT molecular complexity index is 279. The molecule has 2 rings (SSSR count). The van der Waals surface area contributed by atoms with E-state index in [9.17, 15) is 4.79 Å². The molecule has 0 radical (unpaired) electrons. The van der Waals surface area contributed by atoms with Gasteiger partial charge in [-0.1, -0.05) is 6.07 Å². The molecule has 0 aromatic carbocycles. The maximum Gasteiger partial charge on any atom is 0.267 e. The zero-order valence-corrected chi connectivity index (χ0v) is 7.00. The number of hydrogen-bond acceptors (Lipinski definition) is 3. The minimum Gasteiger partial charge on any atom is -0.282 e. The summed E-state index contributed by atoms with van der Waals surface area (Å²) in [4.78, 5) is 21.0. The molecule has 0 N–H and O–H groups in total. The van der Waals surface area contributed by atoms with Gasteiger partial charge in [0.05, 0.1) is 0 Å². The van der Waals surface area contributed by atoms with Gasteiger partial charge in [-0.15, -0.1) is 0 Å². The van der Waals surface area contributed by atoms with Gasteiger partial charge < -0.3 is 0 Å². The van der Waals surface area contributed by atoms with Gasteiger partial charge in [0, 0.05) is 24.8 Å². The fraction of sp³-hybridized carbons (Fsp3) is 0.111. The van der Waals surface area contributed by atoms with Crippen LogP contribution in [0.25, 0.3) is 0 Å². The van der Waals surface area contributed by atoms with E-state index >= 15 is 0 Å². The van der Waals surface area contributed by atoms with E-state index < -0.39 is 0 Å². The van der Waals surface area contributed by atoms with Crippen molar-refractivity contribution in [3.05, 3.63) is 30.6 Å². The van der Waals surface area contributed by atoms with Crippen molar-refractivity contribution in [1.29, 1.82) is 0 Å². The Morgan fingerprint density at radius 3 is 2.08 bits per heavy atom. The molecule has 1 aliphatic rings. The number of hydrogen-bond donors (Lipinski definition) is 0. The fourth-order valence-corrected chi connectivity index (χ4v) is 0.648. The predicted molar refractivity (Wildman–Crippen MR) is 51.1 cm³/mol. The fourth-order valence-electron chi connectivity index (χ4n) is 0.648. The summed E-state index contributed by atoms with van der Waals surface area (Å²) in [6, 6.07) is 5.72. The highest BCUT2D eigenvalue weighted by Crippen LogP contribution is 1.79. The molecule has 1 aromatic rings. The van der Waals surface area contributed by atoms with Crippen molar-refractivity contribution < 1.29 is 4.79 Å². The molecule has 2 heterocycles. The topological polar surface area (TPSA) is 54.7 Å². The van der Waals surface area contributed by atoms with Gasteiger partial charge in [0.25, 0.3) is 5.91 Å². The average molecular weight is 175 g/mol. The largest absolute Gasteiger partial charge is 0.282 e. The first kappa shape index (κ1) is 9.25. The lowest BCUT2D eigenvalue weighted by atomic mass is 10.5. The van der Waals surface area contributed by atoms with Crippen LogP contribution in [0, 0.1) is 0 Å². The highest BCUT2D eigenvalue weighted by Gasteiger charge is 1.94. The van der Waals surface area contributed by atoms with Crippen molar-refractivity contribution in [1.82, 2.24) is 4.98 Å². The minimum absolute atomic E-state index is 0.164. The Balaban J connectivity index is 0.000000132. The van der Waals surface area contributed by atoms with E-state index in [2.05, 4.69) is 15.0 Å². The van der Waals surface area contributed by atoms with Crippen molar-refractivity contribution >= 4 is 18.3 Å². The number of rotatable bonds is 0. The van der Waals surface area contributed by atoms with Crippen LogP contribution >= 0.6 is 0 Å². The Kier molecular flexibility index (Phi) is 4.10. The highest BCUT2D eigenvalue weighted by atomic mass is 16.1. The number of amides is 1. The molecule has 13 heavy (non-hydrogen) atoms. The monoisotopic (exact) mass is 175 g/mol. The second-order valence-electron chi connectivity index (χ2n) is 2.19. The number of pyridine rings is 1. The second-order valence-corrected chi connectivity index (χ2v) is 2.19. The van der Waals surface area contributed by atoms with Crippen LogP contribution in [0.3, 0.4) is 0 Å². The first-order valence-electron chi connectivity index (χ1n) is 3.80. The van der Waals surface area contributed by atoms with E-state index in [1.54, 1.807) is 12.4 Å². The molecule has 0 unspecified atom stereocenters. The van der Waals surface area contributed by atoms with Crippen LogP contribution in [-0.4, -0.2) is 29.9 Å². The molecular weight excluding hydrogens is 166 g/mol. The lowest BCUT2D eigenvalue weighted by Crippen LogP contribution is -2.03. The van der Waals surface area contributed by atoms with E-state index in [-0.39, 0.29) is 12.5 Å². The molecule has 0 atom stereocenters. The predicted octanol–water partition coefficient (Wildman–Crippen LogP) is 0.750.